The molecule has 0 unspecified atom stereocenters. The normalized spacial score (nSPS) is 18.2. The van der Waals surface area contributed by atoms with Crippen LogP contribution in [0.1, 0.15) is 42.3 Å². The highest BCUT2D eigenvalue weighted by Crippen LogP contribution is 2.50. The van der Waals surface area contributed by atoms with Crippen LogP contribution in [0.25, 0.3) is 0 Å². The lowest BCUT2D eigenvalue weighted by atomic mass is 9.96. The van der Waals surface area contributed by atoms with Gasteiger partial charge in [0, 0.05) is 28.9 Å². The molecule has 7 nitrogen and oxygen atoms in total. The highest BCUT2D eigenvalue weighted by molar-refractivity contribution is 9.10. The van der Waals surface area contributed by atoms with Crippen molar-refractivity contribution >= 4 is 43.5 Å². The van der Waals surface area contributed by atoms with Crippen molar-refractivity contribution in [3.8, 4) is 23.0 Å². The van der Waals surface area contributed by atoms with Gasteiger partial charge < -0.3 is 18.9 Å². The summed E-state index contributed by atoms with van der Waals surface area (Å²) in [7, 11) is 3.18. The molecule has 0 bridgehead atoms. The van der Waals surface area contributed by atoms with Gasteiger partial charge in [-0.05, 0) is 76.1 Å². The van der Waals surface area contributed by atoms with Gasteiger partial charge in [-0.25, -0.2) is 5.01 Å². The summed E-state index contributed by atoms with van der Waals surface area (Å²) in [6.07, 6.45) is 0.209. The second-order valence-electron chi connectivity index (χ2n) is 8.16. The van der Waals surface area contributed by atoms with Crippen LogP contribution in [0.3, 0.4) is 0 Å². The zero-order valence-corrected chi connectivity index (χ0v) is 22.4. The third kappa shape index (κ3) is 4.50. The van der Waals surface area contributed by atoms with Crippen molar-refractivity contribution in [2.24, 2.45) is 5.10 Å². The van der Waals surface area contributed by atoms with Crippen molar-refractivity contribution in [1.82, 2.24) is 5.01 Å². The number of carbonyl (C=O) groups is 1. The minimum atomic E-state index is -0.513. The molecular formula is C26H22Br2N2O5. The predicted molar refractivity (Wildman–Crippen MR) is 138 cm³/mol. The van der Waals surface area contributed by atoms with Crippen LogP contribution in [0, 0.1) is 0 Å². The van der Waals surface area contributed by atoms with Crippen LogP contribution in [0.15, 0.2) is 68.6 Å². The first kappa shape index (κ1) is 23.7. The van der Waals surface area contributed by atoms with Crippen LogP contribution >= 0.6 is 31.9 Å². The van der Waals surface area contributed by atoms with Crippen molar-refractivity contribution in [2.45, 2.75) is 25.6 Å². The number of hydrogen-bond acceptors (Lipinski definition) is 7. The average Bonchev–Trinajstić information content (AvgIpc) is 3.30. The zero-order chi connectivity index (χ0) is 24.7. The maximum atomic E-state index is 11.6. The van der Waals surface area contributed by atoms with Crippen molar-refractivity contribution in [2.75, 3.05) is 14.2 Å². The minimum absolute atomic E-state index is 0.0173. The summed E-state index contributed by atoms with van der Waals surface area (Å²) >= 11 is 7.11. The Labute approximate surface area is 219 Å². The van der Waals surface area contributed by atoms with E-state index in [1.165, 1.54) is 14.0 Å². The molecule has 3 aromatic rings. The summed E-state index contributed by atoms with van der Waals surface area (Å²) in [6.45, 7) is 1.35. The van der Waals surface area contributed by atoms with Gasteiger partial charge >= 0.3 is 5.97 Å². The first-order valence-electron chi connectivity index (χ1n) is 10.9. The van der Waals surface area contributed by atoms with Crippen LogP contribution in [0.4, 0.5) is 0 Å². The van der Waals surface area contributed by atoms with E-state index in [4.69, 9.17) is 24.0 Å². The van der Waals surface area contributed by atoms with Crippen LogP contribution in [0.5, 0.6) is 23.0 Å². The molecule has 0 N–H and O–H groups in total. The predicted octanol–water partition coefficient (Wildman–Crippen LogP) is 6.40. The van der Waals surface area contributed by atoms with Crippen molar-refractivity contribution < 1.29 is 23.7 Å². The number of rotatable bonds is 5. The van der Waals surface area contributed by atoms with E-state index in [-0.39, 0.29) is 6.04 Å². The van der Waals surface area contributed by atoms with E-state index in [2.05, 4.69) is 37.9 Å². The third-order valence-electron chi connectivity index (χ3n) is 5.96. The molecule has 0 aromatic heterocycles. The molecule has 0 amide bonds. The number of fused-ring (bicyclic) bond motifs is 3. The zero-order valence-electron chi connectivity index (χ0n) is 19.2. The number of hydrazone groups is 1. The summed E-state index contributed by atoms with van der Waals surface area (Å²) < 4.78 is 24.2. The molecule has 9 heteroatoms. The van der Waals surface area contributed by atoms with Crippen molar-refractivity contribution in [3.05, 3.63) is 80.2 Å². The highest BCUT2D eigenvalue weighted by atomic mass is 79.9. The van der Waals surface area contributed by atoms with Gasteiger partial charge in [-0.3, -0.25) is 4.79 Å². The smallest absolute Gasteiger partial charge is 0.308 e. The highest BCUT2D eigenvalue weighted by Gasteiger charge is 2.41. The Morgan fingerprint density at radius 1 is 1.06 bits per heavy atom. The molecule has 0 saturated carbocycles. The van der Waals surface area contributed by atoms with Gasteiger partial charge in [0.15, 0.2) is 11.5 Å². The Kier molecular flexibility index (Phi) is 6.46. The van der Waals surface area contributed by atoms with Crippen LogP contribution in [-0.2, 0) is 4.79 Å². The Bertz CT molecular complexity index is 1330. The average molecular weight is 602 g/mol. The van der Waals surface area contributed by atoms with Gasteiger partial charge in [-0.15, -0.1) is 0 Å². The van der Waals surface area contributed by atoms with Crippen LogP contribution in [-0.4, -0.2) is 30.9 Å². The molecule has 2 atom stereocenters. The van der Waals surface area contributed by atoms with E-state index in [0.29, 0.717) is 16.0 Å². The number of methoxy groups -OCH3 is 2. The summed E-state index contributed by atoms with van der Waals surface area (Å²) in [5.74, 6) is 1.91. The Morgan fingerprint density at radius 3 is 2.51 bits per heavy atom. The summed E-state index contributed by atoms with van der Waals surface area (Å²) in [5.41, 5.74) is 3.86. The number of hydrogen-bond donors (Lipinski definition) is 0. The van der Waals surface area contributed by atoms with E-state index < -0.39 is 12.2 Å². The molecule has 2 aliphatic heterocycles. The molecular weight excluding hydrogens is 580 g/mol. The molecule has 2 heterocycles. The molecule has 0 spiro atoms. The molecule has 2 aliphatic rings. The van der Waals surface area contributed by atoms with Crippen molar-refractivity contribution in [1.29, 1.82) is 0 Å². The van der Waals surface area contributed by atoms with Crippen molar-refractivity contribution in [3.63, 3.8) is 0 Å². The maximum Gasteiger partial charge on any atom is 0.308 e. The first-order valence-corrected chi connectivity index (χ1v) is 12.5. The molecule has 0 fully saturated rings. The quantitative estimate of drug-likeness (QED) is 0.249. The number of nitrogens with zero attached hydrogens (tertiary/aromatic N) is 2. The van der Waals surface area contributed by atoms with Gasteiger partial charge in [0.2, 0.25) is 6.23 Å². The van der Waals surface area contributed by atoms with Gasteiger partial charge in [-0.1, -0.05) is 15.9 Å². The summed E-state index contributed by atoms with van der Waals surface area (Å²) in [6, 6.07) is 17.6. The monoisotopic (exact) mass is 600 g/mol. The standard InChI is InChI=1S/C26H22Br2N2O5/c1-14(31)34-25-20(28)10-16(11-24(25)33-3)26-30-22(19-12-17(27)6-9-23(19)35-26)13-21(29-30)15-4-7-18(32-2)8-5-15/h4-12,22,26H,13H2,1-3H3/t22-,26+/m0/s1. The van der Waals surface area contributed by atoms with Crippen LogP contribution in [0.2, 0.25) is 0 Å². The largest absolute Gasteiger partial charge is 0.497 e. The molecule has 0 saturated heterocycles. The fourth-order valence-electron chi connectivity index (χ4n) is 4.36. The fourth-order valence-corrected chi connectivity index (χ4v) is 5.28. The van der Waals surface area contributed by atoms with Gasteiger partial charge in [-0.2, -0.15) is 5.10 Å². The molecule has 180 valence electrons. The first-order chi connectivity index (χ1) is 16.9. The molecule has 5 rings (SSSR count). The molecule has 35 heavy (non-hydrogen) atoms. The van der Waals surface area contributed by atoms with E-state index >= 15 is 0 Å². The van der Waals surface area contributed by atoms with Gasteiger partial charge in [0.1, 0.15) is 11.5 Å². The number of esters is 1. The lowest BCUT2D eigenvalue weighted by Gasteiger charge is -2.38. The third-order valence-corrected chi connectivity index (χ3v) is 7.04. The van der Waals surface area contributed by atoms with E-state index in [1.807, 2.05) is 53.5 Å². The van der Waals surface area contributed by atoms with Gasteiger partial charge in [0.05, 0.1) is 30.4 Å². The van der Waals surface area contributed by atoms with E-state index in [9.17, 15) is 4.79 Å². The van der Waals surface area contributed by atoms with E-state index in [1.54, 1.807) is 7.11 Å². The molecule has 3 aromatic carbocycles. The second kappa shape index (κ2) is 9.54. The fraction of sp³-hybridized carbons (Fsp3) is 0.231. The lowest BCUT2D eigenvalue weighted by Crippen LogP contribution is -2.33. The SMILES string of the molecule is COc1ccc(C2=NN3[C@@H](c4cc(Br)c(OC(C)=O)c(OC)c4)Oc4ccc(Br)cc4[C@@H]3C2)cc1. The number of benzene rings is 3. The summed E-state index contributed by atoms with van der Waals surface area (Å²) in [4.78, 5) is 11.6. The number of halogens is 2. The molecule has 0 radical (unpaired) electrons. The van der Waals surface area contributed by atoms with E-state index in [0.717, 1.165) is 44.8 Å². The van der Waals surface area contributed by atoms with Gasteiger partial charge in [0.25, 0.3) is 0 Å². The second-order valence-corrected chi connectivity index (χ2v) is 9.93. The summed E-state index contributed by atoms with van der Waals surface area (Å²) in [5, 5.41) is 6.99. The topological polar surface area (TPSA) is 69.6 Å². The Balaban J connectivity index is 1.59. The number of carbonyl (C=O) groups excluding carboxylic acids is 1. The Morgan fingerprint density at radius 2 is 1.83 bits per heavy atom. The minimum Gasteiger partial charge on any atom is -0.497 e. The maximum absolute atomic E-state index is 11.6. The lowest BCUT2D eigenvalue weighted by molar-refractivity contribution is -0.132. The number of ether oxygens (including phenoxy) is 4. The van der Waals surface area contributed by atoms with Crippen LogP contribution < -0.4 is 18.9 Å². The molecule has 0 aliphatic carbocycles. The Hall–Kier alpha value is -3.04.